The molecule has 2 N–H and O–H groups in total. The van der Waals surface area contributed by atoms with Crippen LogP contribution in [-0.2, 0) is 9.53 Å². The van der Waals surface area contributed by atoms with E-state index in [1.54, 1.807) is 0 Å². The van der Waals surface area contributed by atoms with Gasteiger partial charge in [-0.2, -0.15) is 0 Å². The van der Waals surface area contributed by atoms with Gasteiger partial charge in [0.25, 0.3) is 0 Å². The molecular formula is C24H34O4. The lowest BCUT2D eigenvalue weighted by Gasteiger charge is -2.64. The molecule has 0 bridgehead atoms. The zero-order valence-corrected chi connectivity index (χ0v) is 17.2. The van der Waals surface area contributed by atoms with Gasteiger partial charge < -0.3 is 14.9 Å². The molecular weight excluding hydrogens is 352 g/mol. The van der Waals surface area contributed by atoms with Crippen molar-refractivity contribution in [1.29, 1.82) is 0 Å². The summed E-state index contributed by atoms with van der Waals surface area (Å²) in [4.78, 5) is 12.2. The Hall–Kier alpha value is -0.610. The molecule has 0 unspecified atom stereocenters. The summed E-state index contributed by atoms with van der Waals surface area (Å²) in [5.74, 6) is 4.33. The molecule has 1 heterocycles. The Labute approximate surface area is 167 Å². The molecule has 1 aliphatic heterocycles. The van der Waals surface area contributed by atoms with E-state index in [1.807, 2.05) is 0 Å². The van der Waals surface area contributed by atoms with Crippen LogP contribution < -0.4 is 0 Å². The van der Waals surface area contributed by atoms with Gasteiger partial charge >= 0.3 is 5.97 Å². The number of rotatable bonds is 0. The highest BCUT2D eigenvalue weighted by atomic mass is 16.6. The lowest BCUT2D eigenvalue weighted by Crippen LogP contribution is -2.65. The summed E-state index contributed by atoms with van der Waals surface area (Å²) in [6.45, 7) is 4.82. The van der Waals surface area contributed by atoms with Gasteiger partial charge in [-0.3, -0.25) is 4.79 Å². The standard InChI is InChI=1S/C24H34O4/c1-21-6-3-12(25)11-23(21,27)16-9-13(16)19-15(21)4-7-22(2)20(19)14-10-17(14)24(22)8-5-18(26)28-24/h12-17,19-20,25,27H,3-11H2,1-2H3/t12-,13-,14+,15-,16+,17-,19+,20-,21+,22-,23+,24-/m0/s1. The second kappa shape index (κ2) is 4.66. The predicted molar refractivity (Wildman–Crippen MR) is 102 cm³/mol. The topological polar surface area (TPSA) is 66.8 Å². The Bertz CT molecular complexity index is 781. The first-order valence-electron chi connectivity index (χ1n) is 11.9. The van der Waals surface area contributed by atoms with Crippen LogP contribution >= 0.6 is 0 Å². The minimum atomic E-state index is -0.663. The number of ether oxygens (including phenoxy) is 1. The number of aliphatic hydroxyl groups excluding tert-OH is 1. The van der Waals surface area contributed by atoms with Crippen molar-refractivity contribution >= 4 is 5.97 Å². The molecule has 0 aromatic carbocycles. The van der Waals surface area contributed by atoms with E-state index >= 15 is 0 Å². The third kappa shape index (κ3) is 1.59. The van der Waals surface area contributed by atoms with Crippen molar-refractivity contribution < 1.29 is 19.7 Å². The predicted octanol–water partition coefficient (Wildman–Crippen LogP) is 3.29. The van der Waals surface area contributed by atoms with Gasteiger partial charge in [0.2, 0.25) is 0 Å². The van der Waals surface area contributed by atoms with Crippen molar-refractivity contribution in [2.45, 2.75) is 88.9 Å². The molecule has 0 amide bonds. The van der Waals surface area contributed by atoms with E-state index in [-0.39, 0.29) is 28.5 Å². The largest absolute Gasteiger partial charge is 0.458 e. The summed E-state index contributed by atoms with van der Waals surface area (Å²) < 4.78 is 6.21. The van der Waals surface area contributed by atoms with Crippen molar-refractivity contribution in [3.05, 3.63) is 0 Å². The number of aliphatic hydroxyl groups is 2. The smallest absolute Gasteiger partial charge is 0.306 e. The van der Waals surface area contributed by atoms with E-state index in [1.165, 1.54) is 6.42 Å². The lowest BCUT2D eigenvalue weighted by molar-refractivity contribution is -0.237. The van der Waals surface area contributed by atoms with E-state index < -0.39 is 5.60 Å². The van der Waals surface area contributed by atoms with Crippen molar-refractivity contribution in [2.75, 3.05) is 0 Å². The molecule has 0 aromatic heterocycles. The molecule has 1 spiro atoms. The first-order chi connectivity index (χ1) is 13.3. The first-order valence-corrected chi connectivity index (χ1v) is 11.9. The van der Waals surface area contributed by atoms with Crippen molar-refractivity contribution in [3.63, 3.8) is 0 Å². The van der Waals surface area contributed by atoms with Crippen LogP contribution in [0, 0.1) is 52.3 Å². The first kappa shape index (κ1) is 17.1. The van der Waals surface area contributed by atoms with Gasteiger partial charge in [0.15, 0.2) is 0 Å². The third-order valence-electron chi connectivity index (χ3n) is 11.8. The van der Waals surface area contributed by atoms with Crippen LogP contribution in [0.3, 0.4) is 0 Å². The number of carbonyl (C=O) groups is 1. The van der Waals surface area contributed by atoms with E-state index in [0.717, 1.165) is 44.4 Å². The maximum Gasteiger partial charge on any atom is 0.306 e. The van der Waals surface area contributed by atoms with Gasteiger partial charge in [-0.05, 0) is 85.9 Å². The van der Waals surface area contributed by atoms with E-state index in [4.69, 9.17) is 4.74 Å². The second-order valence-electron chi connectivity index (χ2n) is 12.3. The summed E-state index contributed by atoms with van der Waals surface area (Å²) in [5.41, 5.74) is -0.751. The third-order valence-corrected chi connectivity index (χ3v) is 11.8. The Kier molecular flexibility index (Phi) is 2.85. The lowest BCUT2D eigenvalue weighted by atomic mass is 9.42. The Balaban J connectivity index is 1.32. The van der Waals surface area contributed by atoms with Gasteiger partial charge in [0, 0.05) is 24.2 Å². The molecule has 6 aliphatic carbocycles. The minimum absolute atomic E-state index is 0.0326. The normalized spacial score (nSPS) is 68.4. The fourth-order valence-electron chi connectivity index (χ4n) is 10.5. The van der Waals surface area contributed by atoms with Crippen molar-refractivity contribution in [2.24, 2.45) is 52.3 Å². The molecule has 4 nitrogen and oxygen atoms in total. The van der Waals surface area contributed by atoms with Crippen LogP contribution in [-0.4, -0.2) is 33.5 Å². The molecule has 7 aliphatic rings. The molecule has 0 radical (unpaired) electrons. The Morgan fingerprint density at radius 2 is 1.71 bits per heavy atom. The molecule has 4 heteroatoms. The average Bonchev–Trinajstić information content (AvgIpc) is 3.54. The van der Waals surface area contributed by atoms with Gasteiger partial charge in [0.05, 0.1) is 11.7 Å². The zero-order chi connectivity index (χ0) is 19.3. The highest BCUT2D eigenvalue weighted by Crippen LogP contribution is 2.83. The summed E-state index contributed by atoms with van der Waals surface area (Å²) in [5, 5.41) is 22.2. The number of hydrogen-bond acceptors (Lipinski definition) is 4. The van der Waals surface area contributed by atoms with Crippen molar-refractivity contribution in [3.8, 4) is 0 Å². The molecule has 28 heavy (non-hydrogen) atoms. The average molecular weight is 387 g/mol. The van der Waals surface area contributed by atoms with Crippen molar-refractivity contribution in [1.82, 2.24) is 0 Å². The fourth-order valence-corrected chi connectivity index (χ4v) is 10.5. The van der Waals surface area contributed by atoms with Gasteiger partial charge in [-0.1, -0.05) is 13.8 Å². The summed E-state index contributed by atoms with van der Waals surface area (Å²) >= 11 is 0. The maximum atomic E-state index is 12.2. The second-order valence-corrected chi connectivity index (χ2v) is 12.3. The Morgan fingerprint density at radius 3 is 2.46 bits per heavy atom. The van der Waals surface area contributed by atoms with Crippen LogP contribution in [0.2, 0.25) is 0 Å². The number of carbonyl (C=O) groups excluding carboxylic acids is 1. The molecule has 6 saturated carbocycles. The highest BCUT2D eigenvalue weighted by molar-refractivity contribution is 5.73. The molecule has 12 atom stereocenters. The van der Waals surface area contributed by atoms with Gasteiger partial charge in [-0.15, -0.1) is 0 Å². The number of hydrogen-bond donors (Lipinski definition) is 2. The quantitative estimate of drug-likeness (QED) is 0.627. The molecule has 1 saturated heterocycles. The molecule has 0 aromatic rings. The number of fused-ring (bicyclic) bond motifs is 12. The fraction of sp³-hybridized carbons (Fsp3) is 0.958. The maximum absolute atomic E-state index is 12.2. The summed E-state index contributed by atoms with van der Waals surface area (Å²) in [7, 11) is 0. The summed E-state index contributed by atoms with van der Waals surface area (Å²) in [6.07, 6.45) is 8.33. The molecule has 7 fully saturated rings. The van der Waals surface area contributed by atoms with Gasteiger partial charge in [-0.25, -0.2) is 0 Å². The van der Waals surface area contributed by atoms with E-state index in [9.17, 15) is 15.0 Å². The van der Waals surface area contributed by atoms with E-state index in [2.05, 4.69) is 13.8 Å². The minimum Gasteiger partial charge on any atom is -0.458 e. The van der Waals surface area contributed by atoms with E-state index in [0.29, 0.717) is 48.3 Å². The molecule has 7 rings (SSSR count). The monoisotopic (exact) mass is 386 g/mol. The zero-order valence-electron chi connectivity index (χ0n) is 17.2. The molecule has 154 valence electrons. The number of esters is 1. The summed E-state index contributed by atoms with van der Waals surface area (Å²) in [6, 6.07) is 0. The van der Waals surface area contributed by atoms with Crippen LogP contribution in [0.15, 0.2) is 0 Å². The SMILES string of the molecule is C[C@]12CC[C@H]3[C@@H]([C@H]4C[C@H]4[C@]4(O)C[C@@H](O)CC[C@]34C)[C@@H]1[C@@H]1C[C@@H]1[C@@]21CCC(=O)O1. The van der Waals surface area contributed by atoms with Crippen LogP contribution in [0.25, 0.3) is 0 Å². The van der Waals surface area contributed by atoms with Gasteiger partial charge in [0.1, 0.15) is 5.60 Å². The Morgan fingerprint density at radius 1 is 0.964 bits per heavy atom. The van der Waals surface area contributed by atoms with Crippen LogP contribution in [0.4, 0.5) is 0 Å². The van der Waals surface area contributed by atoms with Crippen LogP contribution in [0.5, 0.6) is 0 Å². The van der Waals surface area contributed by atoms with Crippen LogP contribution in [0.1, 0.15) is 71.6 Å². The highest BCUT2D eigenvalue weighted by Gasteiger charge is 2.82.